The van der Waals surface area contributed by atoms with Crippen LogP contribution in [0, 0.1) is 0 Å². The maximum absolute atomic E-state index is 13.4. The number of carbonyl (C=O) groups excluding carboxylic acids is 1. The molecule has 0 aliphatic carbocycles. The van der Waals surface area contributed by atoms with Crippen LogP contribution in [0.5, 0.6) is 0 Å². The van der Waals surface area contributed by atoms with Crippen LogP contribution in [0.3, 0.4) is 0 Å². The molecule has 1 aromatic heterocycles. The number of para-hydroxylation sites is 2. The summed E-state index contributed by atoms with van der Waals surface area (Å²) in [6, 6.07) is 16.8. The SMILES string of the molecule is CC(C(=O)N1c2ccccc2CC1C)N1CCN(Cc2nc3ccccc3s2)CC1. The van der Waals surface area contributed by atoms with Gasteiger partial charge < -0.3 is 4.90 Å². The topological polar surface area (TPSA) is 39.7 Å². The number of fused-ring (bicyclic) bond motifs is 2. The molecule has 1 amide bonds. The van der Waals surface area contributed by atoms with Crippen LogP contribution in [0.1, 0.15) is 24.4 Å². The summed E-state index contributed by atoms with van der Waals surface area (Å²) in [6.45, 7) is 8.90. The summed E-state index contributed by atoms with van der Waals surface area (Å²) in [7, 11) is 0. The number of aromatic nitrogens is 1. The number of anilines is 1. The number of thiazole rings is 1. The van der Waals surface area contributed by atoms with Crippen LogP contribution < -0.4 is 4.90 Å². The van der Waals surface area contributed by atoms with Gasteiger partial charge >= 0.3 is 0 Å². The van der Waals surface area contributed by atoms with E-state index in [0.29, 0.717) is 0 Å². The van der Waals surface area contributed by atoms with Gasteiger partial charge in [0.1, 0.15) is 5.01 Å². The molecule has 2 aliphatic heterocycles. The first-order valence-corrected chi connectivity index (χ1v) is 11.6. The average molecular weight is 421 g/mol. The zero-order valence-corrected chi connectivity index (χ0v) is 18.4. The van der Waals surface area contributed by atoms with E-state index in [1.165, 1.54) is 15.3 Å². The molecule has 2 aromatic carbocycles. The molecule has 1 fully saturated rings. The first-order chi connectivity index (χ1) is 14.6. The molecule has 5 nitrogen and oxygen atoms in total. The highest BCUT2D eigenvalue weighted by atomic mass is 32.1. The molecule has 2 atom stereocenters. The van der Waals surface area contributed by atoms with Crippen molar-refractivity contribution in [3.8, 4) is 0 Å². The molecule has 0 radical (unpaired) electrons. The first-order valence-electron chi connectivity index (χ1n) is 10.8. The Bertz CT molecular complexity index is 1020. The molecule has 5 rings (SSSR count). The maximum atomic E-state index is 13.4. The van der Waals surface area contributed by atoms with Crippen molar-refractivity contribution in [1.82, 2.24) is 14.8 Å². The Morgan fingerprint density at radius 2 is 1.83 bits per heavy atom. The van der Waals surface area contributed by atoms with Crippen molar-refractivity contribution in [1.29, 1.82) is 0 Å². The van der Waals surface area contributed by atoms with Crippen LogP contribution in [-0.2, 0) is 17.8 Å². The molecule has 30 heavy (non-hydrogen) atoms. The normalized spacial score (nSPS) is 21.1. The zero-order chi connectivity index (χ0) is 20.7. The second-order valence-electron chi connectivity index (χ2n) is 8.45. The van der Waals surface area contributed by atoms with Crippen LogP contribution in [0.25, 0.3) is 10.2 Å². The Morgan fingerprint density at radius 1 is 1.10 bits per heavy atom. The molecule has 156 valence electrons. The Morgan fingerprint density at radius 3 is 2.63 bits per heavy atom. The summed E-state index contributed by atoms with van der Waals surface area (Å²) in [5.74, 6) is 0.229. The Labute approximate surface area is 181 Å². The van der Waals surface area contributed by atoms with Gasteiger partial charge in [0.15, 0.2) is 0 Å². The summed E-state index contributed by atoms with van der Waals surface area (Å²) in [4.78, 5) is 24.9. The minimum atomic E-state index is -0.0943. The summed E-state index contributed by atoms with van der Waals surface area (Å²) in [6.07, 6.45) is 0.949. The van der Waals surface area contributed by atoms with E-state index in [2.05, 4.69) is 60.0 Å². The zero-order valence-electron chi connectivity index (χ0n) is 17.6. The molecule has 6 heteroatoms. The number of carbonyl (C=O) groups is 1. The second kappa shape index (κ2) is 8.10. The fraction of sp³-hybridized carbons (Fsp3) is 0.417. The van der Waals surface area contributed by atoms with Crippen LogP contribution >= 0.6 is 11.3 Å². The summed E-state index contributed by atoms with van der Waals surface area (Å²) in [5.41, 5.74) is 3.47. The Kier molecular flexibility index (Phi) is 5.31. The van der Waals surface area contributed by atoms with Crippen molar-refractivity contribution >= 4 is 33.1 Å². The van der Waals surface area contributed by atoms with Gasteiger partial charge in [-0.25, -0.2) is 4.98 Å². The predicted molar refractivity (Wildman–Crippen MR) is 123 cm³/mol. The average Bonchev–Trinajstić information content (AvgIpc) is 3.32. The summed E-state index contributed by atoms with van der Waals surface area (Å²) >= 11 is 1.79. The van der Waals surface area contributed by atoms with Crippen molar-refractivity contribution in [3.05, 3.63) is 59.1 Å². The van der Waals surface area contributed by atoms with Gasteiger partial charge in [0.25, 0.3) is 0 Å². The molecule has 0 bridgehead atoms. The molecule has 2 aliphatic rings. The van der Waals surface area contributed by atoms with E-state index in [1.54, 1.807) is 11.3 Å². The van der Waals surface area contributed by atoms with Crippen molar-refractivity contribution in [2.75, 3.05) is 31.1 Å². The molecule has 3 aromatic rings. The van der Waals surface area contributed by atoms with E-state index in [1.807, 2.05) is 17.0 Å². The van der Waals surface area contributed by atoms with Gasteiger partial charge in [0.05, 0.1) is 22.8 Å². The van der Waals surface area contributed by atoms with Gasteiger partial charge in [0, 0.05) is 37.9 Å². The first kappa shape index (κ1) is 19.7. The van der Waals surface area contributed by atoms with E-state index < -0.39 is 0 Å². The maximum Gasteiger partial charge on any atom is 0.244 e. The van der Waals surface area contributed by atoms with Crippen LogP contribution in [0.2, 0.25) is 0 Å². The van der Waals surface area contributed by atoms with Gasteiger partial charge in [0.2, 0.25) is 5.91 Å². The minimum Gasteiger partial charge on any atom is -0.308 e. The standard InChI is InChI=1S/C24H28N4OS/c1-17-15-19-7-3-5-9-21(19)28(17)24(29)18(2)27-13-11-26(12-14-27)16-23-25-20-8-4-6-10-22(20)30-23/h3-10,17-18H,11-16H2,1-2H3. The highest BCUT2D eigenvalue weighted by Crippen LogP contribution is 2.33. The molecule has 0 N–H and O–H groups in total. The number of nitrogens with zero attached hydrogens (tertiary/aromatic N) is 4. The lowest BCUT2D eigenvalue weighted by Crippen LogP contribution is -2.55. The molecule has 1 saturated heterocycles. The molecule has 0 spiro atoms. The van der Waals surface area contributed by atoms with Gasteiger partial charge in [-0.05, 0) is 44.0 Å². The third kappa shape index (κ3) is 3.64. The van der Waals surface area contributed by atoms with E-state index in [0.717, 1.165) is 50.3 Å². The van der Waals surface area contributed by atoms with E-state index >= 15 is 0 Å². The lowest BCUT2D eigenvalue weighted by molar-refractivity contribution is -0.124. The van der Waals surface area contributed by atoms with Crippen molar-refractivity contribution in [3.63, 3.8) is 0 Å². The van der Waals surface area contributed by atoms with Crippen LogP contribution in [0.15, 0.2) is 48.5 Å². The fourth-order valence-electron chi connectivity index (χ4n) is 4.75. The quantitative estimate of drug-likeness (QED) is 0.644. The highest BCUT2D eigenvalue weighted by molar-refractivity contribution is 7.18. The Balaban J connectivity index is 1.20. The van der Waals surface area contributed by atoms with Crippen LogP contribution in [0.4, 0.5) is 5.69 Å². The third-order valence-electron chi connectivity index (χ3n) is 6.45. The number of rotatable bonds is 4. The minimum absolute atomic E-state index is 0.0943. The highest BCUT2D eigenvalue weighted by Gasteiger charge is 2.35. The van der Waals surface area contributed by atoms with E-state index in [9.17, 15) is 4.79 Å². The van der Waals surface area contributed by atoms with Gasteiger partial charge in [-0.2, -0.15) is 0 Å². The second-order valence-corrected chi connectivity index (χ2v) is 9.57. The van der Waals surface area contributed by atoms with Gasteiger partial charge in [-0.1, -0.05) is 30.3 Å². The van der Waals surface area contributed by atoms with Gasteiger partial charge in [-0.15, -0.1) is 11.3 Å². The molecular formula is C24H28N4OS. The summed E-state index contributed by atoms with van der Waals surface area (Å²) < 4.78 is 1.25. The monoisotopic (exact) mass is 420 g/mol. The molecule has 0 saturated carbocycles. The number of benzene rings is 2. The lowest BCUT2D eigenvalue weighted by atomic mass is 10.1. The fourth-order valence-corrected chi connectivity index (χ4v) is 5.76. The van der Waals surface area contributed by atoms with Crippen molar-refractivity contribution in [2.24, 2.45) is 0 Å². The molecule has 3 heterocycles. The van der Waals surface area contributed by atoms with E-state index in [-0.39, 0.29) is 18.0 Å². The largest absolute Gasteiger partial charge is 0.308 e. The number of amides is 1. The van der Waals surface area contributed by atoms with Crippen molar-refractivity contribution < 1.29 is 4.79 Å². The summed E-state index contributed by atoms with van der Waals surface area (Å²) in [5, 5.41) is 1.18. The van der Waals surface area contributed by atoms with E-state index in [4.69, 9.17) is 4.98 Å². The Hall–Kier alpha value is -2.28. The third-order valence-corrected chi connectivity index (χ3v) is 7.47. The number of hydrogen-bond donors (Lipinski definition) is 0. The van der Waals surface area contributed by atoms with Gasteiger partial charge in [-0.3, -0.25) is 14.6 Å². The van der Waals surface area contributed by atoms with Crippen LogP contribution in [-0.4, -0.2) is 59.0 Å². The lowest BCUT2D eigenvalue weighted by Gasteiger charge is -2.39. The van der Waals surface area contributed by atoms with Crippen molar-refractivity contribution in [2.45, 2.75) is 38.9 Å². The molecular weight excluding hydrogens is 392 g/mol. The predicted octanol–water partition coefficient (Wildman–Crippen LogP) is 3.78. The molecule has 2 unspecified atom stereocenters. The smallest absolute Gasteiger partial charge is 0.244 e. The number of hydrogen-bond acceptors (Lipinski definition) is 5. The number of piperazine rings is 1.